The van der Waals surface area contributed by atoms with E-state index in [0.29, 0.717) is 0 Å². The highest BCUT2D eigenvalue weighted by molar-refractivity contribution is 5.98. The summed E-state index contributed by atoms with van der Waals surface area (Å²) in [5.41, 5.74) is 0.164. The van der Waals surface area contributed by atoms with Crippen LogP contribution in [-0.4, -0.2) is 48.2 Å². The third-order valence-electron chi connectivity index (χ3n) is 2.72. The molecule has 1 aromatic heterocycles. The maximum absolute atomic E-state index is 12.1. The number of aliphatic carboxylic acids is 1. The van der Waals surface area contributed by atoms with Crippen LogP contribution in [0.25, 0.3) is 0 Å². The molecular weight excluding hydrogens is 280 g/mol. The monoisotopic (exact) mass is 296 g/mol. The zero-order valence-electron chi connectivity index (χ0n) is 11.7. The molecule has 0 radical (unpaired) electrons. The normalized spacial score (nSPS) is 11.3. The van der Waals surface area contributed by atoms with E-state index in [1.54, 1.807) is 0 Å². The van der Waals surface area contributed by atoms with Crippen LogP contribution in [0.15, 0.2) is 18.5 Å². The predicted octanol–water partition coefficient (Wildman–Crippen LogP) is 0.226. The Hall–Kier alpha value is -2.64. The van der Waals surface area contributed by atoms with Crippen LogP contribution < -0.4 is 10.1 Å². The second kappa shape index (κ2) is 7.83. The van der Waals surface area contributed by atoms with E-state index in [4.69, 9.17) is 9.84 Å². The van der Waals surface area contributed by atoms with Crippen LogP contribution in [0, 0.1) is 0 Å². The van der Waals surface area contributed by atoms with E-state index in [9.17, 15) is 14.4 Å². The minimum atomic E-state index is -1.24. The highest BCUT2D eigenvalue weighted by Gasteiger charge is 2.23. The van der Waals surface area contributed by atoms with Crippen LogP contribution in [-0.2, 0) is 14.3 Å². The van der Waals surface area contributed by atoms with Crippen molar-refractivity contribution in [3.63, 3.8) is 0 Å². The van der Waals surface area contributed by atoms with Gasteiger partial charge in [-0.1, -0.05) is 0 Å². The quantitative estimate of drug-likeness (QED) is 0.692. The van der Waals surface area contributed by atoms with Crippen LogP contribution in [0.2, 0.25) is 0 Å². The largest absolute Gasteiger partial charge is 0.494 e. The van der Waals surface area contributed by atoms with Crippen molar-refractivity contribution in [2.75, 3.05) is 14.2 Å². The van der Waals surface area contributed by atoms with Crippen molar-refractivity contribution in [3.8, 4) is 5.75 Å². The second-order valence-electron chi connectivity index (χ2n) is 4.06. The number of carbonyl (C=O) groups excluding carboxylic acids is 2. The van der Waals surface area contributed by atoms with Gasteiger partial charge in [0.25, 0.3) is 5.91 Å². The molecule has 2 N–H and O–H groups in total. The van der Waals surface area contributed by atoms with Crippen molar-refractivity contribution >= 4 is 17.8 Å². The van der Waals surface area contributed by atoms with Gasteiger partial charge in [-0.15, -0.1) is 0 Å². The van der Waals surface area contributed by atoms with Crippen molar-refractivity contribution in [1.82, 2.24) is 10.3 Å². The molecule has 0 aromatic carbocycles. The van der Waals surface area contributed by atoms with Gasteiger partial charge in [-0.05, 0) is 12.5 Å². The molecule has 0 aliphatic rings. The predicted molar refractivity (Wildman–Crippen MR) is 70.9 cm³/mol. The summed E-state index contributed by atoms with van der Waals surface area (Å²) in [4.78, 5) is 38.0. The van der Waals surface area contributed by atoms with Crippen molar-refractivity contribution in [3.05, 3.63) is 24.0 Å². The number of nitrogens with one attached hydrogen (secondary N) is 1. The smallest absolute Gasteiger partial charge is 0.326 e. The molecule has 114 valence electrons. The Balaban J connectivity index is 2.76. The lowest BCUT2D eigenvalue weighted by atomic mass is 10.1. The van der Waals surface area contributed by atoms with Crippen molar-refractivity contribution in [1.29, 1.82) is 0 Å². The Morgan fingerprint density at radius 2 is 2.10 bits per heavy atom. The summed E-state index contributed by atoms with van der Waals surface area (Å²) < 4.78 is 9.41. The average Bonchev–Trinajstić information content (AvgIpc) is 2.50. The molecule has 0 unspecified atom stereocenters. The van der Waals surface area contributed by atoms with Gasteiger partial charge >= 0.3 is 11.9 Å². The van der Waals surface area contributed by atoms with Crippen molar-refractivity contribution in [2.24, 2.45) is 0 Å². The average molecular weight is 296 g/mol. The molecule has 0 saturated carbocycles. The van der Waals surface area contributed by atoms with Gasteiger partial charge in [-0.25, -0.2) is 4.79 Å². The van der Waals surface area contributed by atoms with Gasteiger partial charge < -0.3 is 19.9 Å². The second-order valence-corrected chi connectivity index (χ2v) is 4.06. The SMILES string of the molecule is COC(=O)CC[C@H](NC(=O)c1ccncc1OC)C(=O)O. The fourth-order valence-electron chi connectivity index (χ4n) is 1.59. The maximum Gasteiger partial charge on any atom is 0.326 e. The number of pyridine rings is 1. The van der Waals surface area contributed by atoms with Crippen LogP contribution in [0.3, 0.4) is 0 Å². The van der Waals surface area contributed by atoms with Gasteiger partial charge in [0.1, 0.15) is 11.8 Å². The van der Waals surface area contributed by atoms with E-state index < -0.39 is 23.9 Å². The molecule has 1 atom stereocenters. The molecule has 0 spiro atoms. The topological polar surface area (TPSA) is 115 Å². The van der Waals surface area contributed by atoms with Crippen LogP contribution in [0.5, 0.6) is 5.75 Å². The minimum absolute atomic E-state index is 0.0683. The number of carbonyl (C=O) groups is 3. The molecule has 0 aliphatic carbocycles. The number of esters is 1. The van der Waals surface area contributed by atoms with Gasteiger partial charge in [0.2, 0.25) is 0 Å². The van der Waals surface area contributed by atoms with Gasteiger partial charge in [0, 0.05) is 12.6 Å². The first kappa shape index (κ1) is 16.4. The first-order chi connectivity index (χ1) is 9.99. The Labute approximate surface area is 121 Å². The summed E-state index contributed by atoms with van der Waals surface area (Å²) in [6, 6.07) is 0.211. The molecule has 1 heterocycles. The molecule has 8 nitrogen and oxygen atoms in total. The maximum atomic E-state index is 12.1. The van der Waals surface area contributed by atoms with E-state index in [1.165, 1.54) is 32.7 Å². The van der Waals surface area contributed by atoms with Crippen LogP contribution in [0.4, 0.5) is 0 Å². The summed E-state index contributed by atoms with van der Waals surface area (Å²) in [6.07, 6.45) is 2.56. The molecule has 1 rings (SSSR count). The van der Waals surface area contributed by atoms with Gasteiger partial charge in [-0.3, -0.25) is 14.6 Å². The summed E-state index contributed by atoms with van der Waals surface area (Å²) >= 11 is 0. The third-order valence-corrected chi connectivity index (χ3v) is 2.72. The fourth-order valence-corrected chi connectivity index (χ4v) is 1.59. The lowest BCUT2D eigenvalue weighted by Gasteiger charge is -2.15. The Kier molecular flexibility index (Phi) is 6.12. The third kappa shape index (κ3) is 4.75. The molecule has 8 heteroatoms. The number of aromatic nitrogens is 1. The number of rotatable bonds is 7. The summed E-state index contributed by atoms with van der Waals surface area (Å²) in [5, 5.41) is 11.4. The Morgan fingerprint density at radius 1 is 1.38 bits per heavy atom. The number of methoxy groups -OCH3 is 2. The van der Waals surface area contributed by atoms with E-state index in [1.807, 2.05) is 0 Å². The van der Waals surface area contributed by atoms with E-state index >= 15 is 0 Å². The number of amides is 1. The number of carboxylic acid groups (broad SMARTS) is 1. The Morgan fingerprint density at radius 3 is 2.67 bits per heavy atom. The minimum Gasteiger partial charge on any atom is -0.494 e. The molecule has 0 bridgehead atoms. The van der Waals surface area contributed by atoms with E-state index in [2.05, 4.69) is 15.0 Å². The summed E-state index contributed by atoms with van der Waals surface area (Å²) in [6.45, 7) is 0. The number of hydrogen-bond acceptors (Lipinski definition) is 6. The Bertz CT molecular complexity index is 531. The van der Waals surface area contributed by atoms with Crippen LogP contribution >= 0.6 is 0 Å². The molecule has 1 amide bonds. The number of hydrogen-bond donors (Lipinski definition) is 2. The highest BCUT2D eigenvalue weighted by atomic mass is 16.5. The molecule has 1 aromatic rings. The van der Waals surface area contributed by atoms with Crippen molar-refractivity contribution < 1.29 is 29.0 Å². The standard InChI is InChI=1S/C13H16N2O6/c1-20-10-7-14-6-5-8(10)12(17)15-9(13(18)19)3-4-11(16)21-2/h5-7,9H,3-4H2,1-2H3,(H,15,17)(H,18,19)/t9-/m0/s1. The zero-order chi connectivity index (χ0) is 15.8. The highest BCUT2D eigenvalue weighted by Crippen LogP contribution is 2.15. The summed E-state index contributed by atoms with van der Waals surface area (Å²) in [5.74, 6) is -2.17. The van der Waals surface area contributed by atoms with E-state index in [0.717, 1.165) is 0 Å². The van der Waals surface area contributed by atoms with Gasteiger partial charge in [0.15, 0.2) is 0 Å². The first-order valence-electron chi connectivity index (χ1n) is 6.08. The van der Waals surface area contributed by atoms with Gasteiger partial charge in [-0.2, -0.15) is 0 Å². The number of carboxylic acids is 1. The van der Waals surface area contributed by atoms with Gasteiger partial charge in [0.05, 0.1) is 26.0 Å². The molecule has 0 aliphatic heterocycles. The number of nitrogens with zero attached hydrogens (tertiary/aromatic N) is 1. The number of ether oxygens (including phenoxy) is 2. The molecular formula is C13H16N2O6. The van der Waals surface area contributed by atoms with Crippen molar-refractivity contribution in [2.45, 2.75) is 18.9 Å². The zero-order valence-corrected chi connectivity index (χ0v) is 11.7. The van der Waals surface area contributed by atoms with Crippen LogP contribution in [0.1, 0.15) is 23.2 Å². The fraction of sp³-hybridized carbons (Fsp3) is 0.385. The summed E-state index contributed by atoms with van der Waals surface area (Å²) in [7, 11) is 2.58. The first-order valence-corrected chi connectivity index (χ1v) is 6.08. The molecule has 21 heavy (non-hydrogen) atoms. The molecule has 0 saturated heterocycles. The lowest BCUT2D eigenvalue weighted by Crippen LogP contribution is -2.41. The molecule has 0 fully saturated rings. The lowest BCUT2D eigenvalue weighted by molar-refractivity contribution is -0.142. The van der Waals surface area contributed by atoms with E-state index in [-0.39, 0.29) is 24.2 Å².